The Bertz CT molecular complexity index is 750. The van der Waals surface area contributed by atoms with Gasteiger partial charge in [-0.05, 0) is 51.4 Å². The first-order valence-electron chi connectivity index (χ1n) is 11.3. The molecule has 2 N–H and O–H groups in total. The number of nitrogens with one attached hydrogen (secondary N) is 2. The number of rotatable bonds is 10. The summed E-state index contributed by atoms with van der Waals surface area (Å²) >= 11 is 0. The van der Waals surface area contributed by atoms with Gasteiger partial charge >= 0.3 is 0 Å². The molecule has 0 radical (unpaired) electrons. The first-order chi connectivity index (χ1) is 14.7. The zero-order valence-electron chi connectivity index (χ0n) is 18.6. The molecule has 0 saturated carbocycles. The maximum atomic E-state index is 5.73. The number of piperidine rings is 1. The van der Waals surface area contributed by atoms with Gasteiger partial charge in [0.2, 0.25) is 5.89 Å². The van der Waals surface area contributed by atoms with Crippen molar-refractivity contribution in [3.8, 4) is 0 Å². The maximum Gasteiger partial charge on any atom is 0.226 e. The summed E-state index contributed by atoms with van der Waals surface area (Å²) in [5.41, 5.74) is 0. The lowest BCUT2D eigenvalue weighted by molar-refractivity contribution is 0.150. The quantitative estimate of drug-likeness (QED) is 0.348. The van der Waals surface area contributed by atoms with E-state index in [2.05, 4.69) is 52.5 Å². The molecule has 2 aromatic heterocycles. The normalized spacial score (nSPS) is 16.7. The van der Waals surface area contributed by atoms with Crippen LogP contribution in [-0.2, 0) is 6.42 Å². The van der Waals surface area contributed by atoms with Crippen LogP contribution in [0.3, 0.4) is 0 Å². The van der Waals surface area contributed by atoms with Gasteiger partial charge in [-0.25, -0.2) is 0 Å². The molecule has 1 unspecified atom stereocenters. The van der Waals surface area contributed by atoms with Gasteiger partial charge in [0.25, 0.3) is 0 Å². The minimum Gasteiger partial charge on any atom is -0.468 e. The third kappa shape index (κ3) is 6.58. The molecule has 1 saturated heterocycles. The van der Waals surface area contributed by atoms with Crippen molar-refractivity contribution in [3.05, 3.63) is 35.9 Å². The molecule has 8 nitrogen and oxygen atoms in total. The summed E-state index contributed by atoms with van der Waals surface area (Å²) in [5.74, 6) is 3.59. The van der Waals surface area contributed by atoms with Crippen molar-refractivity contribution in [2.75, 3.05) is 32.7 Å². The largest absolute Gasteiger partial charge is 0.468 e. The van der Waals surface area contributed by atoms with E-state index in [0.717, 1.165) is 56.6 Å². The fourth-order valence-corrected chi connectivity index (χ4v) is 3.67. The van der Waals surface area contributed by atoms with Crippen molar-refractivity contribution < 1.29 is 8.94 Å². The second-order valence-electron chi connectivity index (χ2n) is 8.08. The summed E-state index contributed by atoms with van der Waals surface area (Å²) in [5, 5.41) is 10.8. The monoisotopic (exact) mass is 416 g/mol. The summed E-state index contributed by atoms with van der Waals surface area (Å²) in [7, 11) is 0. The Morgan fingerprint density at radius 2 is 2.07 bits per heavy atom. The molecule has 30 heavy (non-hydrogen) atoms. The molecule has 166 valence electrons. The topological polar surface area (TPSA) is 91.7 Å². The molecule has 0 bridgehead atoms. The molecule has 2 aromatic rings. The highest BCUT2D eigenvalue weighted by Crippen LogP contribution is 2.25. The molecule has 1 atom stereocenters. The number of hydrogen-bond donors (Lipinski definition) is 2. The fraction of sp³-hybridized carbons (Fsp3) is 0.682. The average molecular weight is 417 g/mol. The number of aromatic nitrogens is 2. The number of nitrogens with zero attached hydrogens (tertiary/aromatic N) is 4. The summed E-state index contributed by atoms with van der Waals surface area (Å²) in [4.78, 5) is 11.8. The number of likely N-dealkylation sites (tertiary alicyclic amines) is 1. The molecule has 0 spiro atoms. The molecular formula is C22H36N6O2. The summed E-state index contributed by atoms with van der Waals surface area (Å²) in [6, 6.07) is 4.20. The average Bonchev–Trinajstić information content (AvgIpc) is 3.44. The van der Waals surface area contributed by atoms with E-state index in [0.29, 0.717) is 12.4 Å². The second-order valence-corrected chi connectivity index (χ2v) is 8.08. The van der Waals surface area contributed by atoms with Crippen LogP contribution < -0.4 is 10.6 Å². The Kier molecular flexibility index (Phi) is 8.74. The Hall–Kier alpha value is -2.35. The standard InChI is InChI=1S/C22H36N6O2/c1-4-23-22(24-12-8-11-20-26-21(17(2)3)27-30-20)25-16-18(19-10-9-15-29-19)28-13-6-5-7-14-28/h9-10,15,17-18H,4-8,11-14,16H2,1-3H3,(H2,23,24,25). The zero-order valence-corrected chi connectivity index (χ0v) is 18.6. The van der Waals surface area contributed by atoms with Gasteiger partial charge in [0, 0.05) is 25.4 Å². The fourth-order valence-electron chi connectivity index (χ4n) is 3.67. The van der Waals surface area contributed by atoms with Crippen LogP contribution in [0.5, 0.6) is 0 Å². The zero-order chi connectivity index (χ0) is 21.2. The number of hydrogen-bond acceptors (Lipinski definition) is 6. The lowest BCUT2D eigenvalue weighted by atomic mass is 10.1. The molecule has 3 rings (SSSR count). The molecule has 0 aliphatic carbocycles. The molecule has 1 aliphatic heterocycles. The van der Waals surface area contributed by atoms with Gasteiger partial charge in [-0.3, -0.25) is 9.89 Å². The summed E-state index contributed by atoms with van der Waals surface area (Å²) < 4.78 is 11.0. The smallest absolute Gasteiger partial charge is 0.226 e. The number of guanidine groups is 1. The predicted octanol–water partition coefficient (Wildman–Crippen LogP) is 3.50. The van der Waals surface area contributed by atoms with Gasteiger partial charge in [-0.2, -0.15) is 4.98 Å². The molecule has 0 amide bonds. The number of furan rings is 1. The van der Waals surface area contributed by atoms with Crippen LogP contribution in [0.1, 0.15) is 75.9 Å². The van der Waals surface area contributed by atoms with E-state index in [1.165, 1.54) is 19.3 Å². The van der Waals surface area contributed by atoms with Crippen LogP contribution in [0, 0.1) is 0 Å². The van der Waals surface area contributed by atoms with Crippen molar-refractivity contribution >= 4 is 5.96 Å². The molecule has 8 heteroatoms. The van der Waals surface area contributed by atoms with Crippen LogP contribution in [0.4, 0.5) is 0 Å². The van der Waals surface area contributed by atoms with E-state index in [1.807, 2.05) is 6.07 Å². The van der Waals surface area contributed by atoms with Crippen LogP contribution in [0.25, 0.3) is 0 Å². The van der Waals surface area contributed by atoms with E-state index in [-0.39, 0.29) is 12.0 Å². The maximum absolute atomic E-state index is 5.73. The third-order valence-electron chi connectivity index (χ3n) is 5.33. The van der Waals surface area contributed by atoms with Crippen molar-refractivity contribution in [3.63, 3.8) is 0 Å². The minimum atomic E-state index is 0.184. The van der Waals surface area contributed by atoms with Crippen LogP contribution >= 0.6 is 0 Å². The molecule has 3 heterocycles. The first-order valence-corrected chi connectivity index (χ1v) is 11.3. The molecule has 0 aromatic carbocycles. The van der Waals surface area contributed by atoms with Crippen molar-refractivity contribution in [1.82, 2.24) is 25.7 Å². The van der Waals surface area contributed by atoms with E-state index in [1.54, 1.807) is 6.26 Å². The highest BCUT2D eigenvalue weighted by Gasteiger charge is 2.24. The third-order valence-corrected chi connectivity index (χ3v) is 5.33. The number of aryl methyl sites for hydroxylation is 1. The summed E-state index contributed by atoms with van der Waals surface area (Å²) in [6.45, 7) is 10.7. The Balaban J connectivity index is 1.52. The molecule has 1 fully saturated rings. The van der Waals surface area contributed by atoms with Crippen molar-refractivity contribution in [2.45, 2.75) is 64.8 Å². The van der Waals surface area contributed by atoms with Gasteiger partial charge in [0.05, 0.1) is 18.8 Å². The lowest BCUT2D eigenvalue weighted by Crippen LogP contribution is -2.40. The van der Waals surface area contributed by atoms with Crippen LogP contribution in [0.2, 0.25) is 0 Å². The Labute approximate surface area is 179 Å². The number of aliphatic imine (C=N–C) groups is 1. The summed E-state index contributed by atoms with van der Waals surface area (Å²) in [6.07, 6.45) is 7.21. The van der Waals surface area contributed by atoms with Crippen LogP contribution in [-0.4, -0.2) is 53.7 Å². The van der Waals surface area contributed by atoms with E-state index in [4.69, 9.17) is 13.9 Å². The van der Waals surface area contributed by atoms with Crippen molar-refractivity contribution in [1.29, 1.82) is 0 Å². The Morgan fingerprint density at radius 3 is 2.73 bits per heavy atom. The van der Waals surface area contributed by atoms with Gasteiger partial charge in [0.15, 0.2) is 11.8 Å². The second kappa shape index (κ2) is 11.7. The molecule has 1 aliphatic rings. The predicted molar refractivity (Wildman–Crippen MR) is 118 cm³/mol. The van der Waals surface area contributed by atoms with Gasteiger partial charge in [-0.1, -0.05) is 25.4 Å². The highest BCUT2D eigenvalue weighted by atomic mass is 16.5. The van der Waals surface area contributed by atoms with Crippen LogP contribution in [0.15, 0.2) is 32.3 Å². The van der Waals surface area contributed by atoms with E-state index in [9.17, 15) is 0 Å². The molecular weight excluding hydrogens is 380 g/mol. The Morgan fingerprint density at radius 1 is 1.23 bits per heavy atom. The van der Waals surface area contributed by atoms with Gasteiger partial charge in [0.1, 0.15) is 5.76 Å². The SMILES string of the molecule is CCNC(=NCC(c1ccco1)N1CCCCC1)NCCCc1nc(C(C)C)no1. The lowest BCUT2D eigenvalue weighted by Gasteiger charge is -2.32. The van der Waals surface area contributed by atoms with Gasteiger partial charge in [-0.15, -0.1) is 0 Å². The van der Waals surface area contributed by atoms with E-state index < -0.39 is 0 Å². The minimum absolute atomic E-state index is 0.184. The highest BCUT2D eigenvalue weighted by molar-refractivity contribution is 5.79. The van der Waals surface area contributed by atoms with E-state index >= 15 is 0 Å². The first kappa shape index (κ1) is 22.3. The van der Waals surface area contributed by atoms with Crippen molar-refractivity contribution in [2.24, 2.45) is 4.99 Å². The van der Waals surface area contributed by atoms with Gasteiger partial charge < -0.3 is 19.6 Å².